The van der Waals surface area contributed by atoms with Crippen molar-refractivity contribution in [1.29, 1.82) is 0 Å². The van der Waals surface area contributed by atoms with Crippen molar-refractivity contribution in [2.45, 2.75) is 6.42 Å². The Bertz CT molecular complexity index is 663. The Morgan fingerprint density at radius 1 is 1.00 bits per heavy atom. The van der Waals surface area contributed by atoms with E-state index in [1.807, 2.05) is 0 Å². The molecule has 0 unspecified atom stereocenters. The number of carbonyl (C=O) groups is 2. The van der Waals surface area contributed by atoms with Gasteiger partial charge in [-0.15, -0.1) is 0 Å². The standard InChI is InChI=1S/C15H12Br2N2O2/c16-9-4-8(5-10(17)13(9)18)19-14(20)11-6-1-2-7(3-6)12(11)15(19)21/h1-2,4-7,11-12H,3,18H2/t6-,7+,11-,12-/m0/s1. The monoisotopic (exact) mass is 410 g/mol. The Balaban J connectivity index is 1.78. The molecule has 2 aliphatic carbocycles. The van der Waals surface area contributed by atoms with E-state index in [9.17, 15) is 9.59 Å². The number of anilines is 2. The predicted molar refractivity (Wildman–Crippen MR) is 86.5 cm³/mol. The summed E-state index contributed by atoms with van der Waals surface area (Å²) in [6.07, 6.45) is 5.13. The quantitative estimate of drug-likeness (QED) is 0.438. The summed E-state index contributed by atoms with van der Waals surface area (Å²) in [4.78, 5) is 26.7. The van der Waals surface area contributed by atoms with Gasteiger partial charge < -0.3 is 5.73 Å². The van der Waals surface area contributed by atoms with E-state index in [0.717, 1.165) is 6.42 Å². The van der Waals surface area contributed by atoms with Crippen LogP contribution in [0.25, 0.3) is 0 Å². The Hall–Kier alpha value is -1.14. The molecule has 4 nitrogen and oxygen atoms in total. The second-order valence-corrected chi connectivity index (χ2v) is 7.54. The number of amides is 2. The molecule has 0 radical (unpaired) electrons. The zero-order chi connectivity index (χ0) is 14.9. The van der Waals surface area contributed by atoms with Gasteiger partial charge in [-0.2, -0.15) is 0 Å². The summed E-state index contributed by atoms with van der Waals surface area (Å²) in [5, 5.41) is 0. The number of hydrogen-bond acceptors (Lipinski definition) is 3. The minimum absolute atomic E-state index is 0.0783. The number of rotatable bonds is 1. The van der Waals surface area contributed by atoms with Gasteiger partial charge in [0.2, 0.25) is 11.8 Å². The van der Waals surface area contributed by atoms with Crippen molar-refractivity contribution >= 4 is 55.0 Å². The topological polar surface area (TPSA) is 63.4 Å². The van der Waals surface area contributed by atoms with E-state index in [1.165, 1.54) is 4.90 Å². The molecule has 6 heteroatoms. The van der Waals surface area contributed by atoms with E-state index < -0.39 is 0 Å². The van der Waals surface area contributed by atoms with Crippen molar-refractivity contribution in [3.8, 4) is 0 Å². The lowest BCUT2D eigenvalue weighted by Gasteiger charge is -2.18. The SMILES string of the molecule is Nc1c(Br)cc(N2C(=O)[C@@H]3[C@@H](C2=O)[C@H]2C=C[C@@H]3C2)cc1Br. The number of carbonyl (C=O) groups excluding carboxylic acids is 2. The Morgan fingerprint density at radius 2 is 1.48 bits per heavy atom. The average Bonchev–Trinajstić information content (AvgIpc) is 3.10. The van der Waals surface area contributed by atoms with Gasteiger partial charge in [-0.3, -0.25) is 9.59 Å². The molecular formula is C15H12Br2N2O2. The molecule has 1 aromatic carbocycles. The third-order valence-corrected chi connectivity index (χ3v) is 6.10. The second-order valence-electron chi connectivity index (χ2n) is 5.83. The molecular weight excluding hydrogens is 400 g/mol. The van der Waals surface area contributed by atoms with Gasteiger partial charge >= 0.3 is 0 Å². The van der Waals surface area contributed by atoms with Crippen LogP contribution in [0.3, 0.4) is 0 Å². The van der Waals surface area contributed by atoms with Gasteiger partial charge in [0.25, 0.3) is 0 Å². The molecule has 2 fully saturated rings. The minimum atomic E-state index is -0.178. The highest BCUT2D eigenvalue weighted by molar-refractivity contribution is 9.11. The van der Waals surface area contributed by atoms with Gasteiger partial charge in [0.1, 0.15) is 0 Å². The van der Waals surface area contributed by atoms with Crippen LogP contribution in [0.4, 0.5) is 11.4 Å². The fraction of sp³-hybridized carbons (Fsp3) is 0.333. The van der Waals surface area contributed by atoms with Crippen LogP contribution in [0.1, 0.15) is 6.42 Å². The molecule has 21 heavy (non-hydrogen) atoms. The van der Waals surface area contributed by atoms with E-state index in [0.29, 0.717) is 20.3 Å². The number of benzene rings is 1. The molecule has 1 saturated heterocycles. The molecule has 2 amide bonds. The normalized spacial score (nSPS) is 33.1. The molecule has 4 atom stereocenters. The third-order valence-electron chi connectivity index (χ3n) is 4.79. The highest BCUT2D eigenvalue weighted by atomic mass is 79.9. The Kier molecular flexibility index (Phi) is 2.85. The maximum Gasteiger partial charge on any atom is 0.238 e. The Morgan fingerprint density at radius 3 is 1.95 bits per heavy atom. The molecule has 1 aromatic rings. The molecule has 108 valence electrons. The van der Waals surface area contributed by atoms with Crippen molar-refractivity contribution in [3.63, 3.8) is 0 Å². The van der Waals surface area contributed by atoms with Crippen LogP contribution in [-0.2, 0) is 9.59 Å². The van der Waals surface area contributed by atoms with Crippen molar-refractivity contribution in [1.82, 2.24) is 0 Å². The summed E-state index contributed by atoms with van der Waals surface area (Å²) in [6.45, 7) is 0. The predicted octanol–water partition coefficient (Wildman–Crippen LogP) is 3.11. The lowest BCUT2D eigenvalue weighted by atomic mass is 9.85. The summed E-state index contributed by atoms with van der Waals surface area (Å²) in [6, 6.07) is 3.46. The van der Waals surface area contributed by atoms with E-state index in [4.69, 9.17) is 5.73 Å². The van der Waals surface area contributed by atoms with Crippen molar-refractivity contribution in [2.24, 2.45) is 23.7 Å². The fourth-order valence-electron chi connectivity index (χ4n) is 3.86. The summed E-state index contributed by atoms with van der Waals surface area (Å²) in [7, 11) is 0. The van der Waals surface area contributed by atoms with Crippen molar-refractivity contribution in [2.75, 3.05) is 10.6 Å². The molecule has 0 spiro atoms. The first-order valence-electron chi connectivity index (χ1n) is 6.79. The minimum Gasteiger partial charge on any atom is -0.397 e. The van der Waals surface area contributed by atoms with Crippen LogP contribution in [0, 0.1) is 23.7 Å². The smallest absolute Gasteiger partial charge is 0.238 e. The van der Waals surface area contributed by atoms with Crippen LogP contribution < -0.4 is 10.6 Å². The maximum absolute atomic E-state index is 12.7. The van der Waals surface area contributed by atoms with Gasteiger partial charge in [-0.1, -0.05) is 12.2 Å². The summed E-state index contributed by atoms with van der Waals surface area (Å²) in [5.74, 6) is -0.0646. The molecule has 2 N–H and O–H groups in total. The van der Waals surface area contributed by atoms with Crippen LogP contribution in [0.2, 0.25) is 0 Å². The van der Waals surface area contributed by atoms with Crippen molar-refractivity contribution < 1.29 is 9.59 Å². The number of fused-ring (bicyclic) bond motifs is 5. The van der Waals surface area contributed by atoms with Crippen molar-refractivity contribution in [3.05, 3.63) is 33.2 Å². The molecule has 1 saturated carbocycles. The van der Waals surface area contributed by atoms with E-state index >= 15 is 0 Å². The first-order valence-corrected chi connectivity index (χ1v) is 8.38. The molecule has 4 rings (SSSR count). The van der Waals surface area contributed by atoms with Crippen LogP contribution in [0.5, 0.6) is 0 Å². The highest BCUT2D eigenvalue weighted by Crippen LogP contribution is 2.53. The molecule has 1 aliphatic heterocycles. The first kappa shape index (κ1) is 13.5. The fourth-order valence-corrected chi connectivity index (χ4v) is 5.02. The van der Waals surface area contributed by atoms with Crippen LogP contribution in [-0.4, -0.2) is 11.8 Å². The molecule has 0 aromatic heterocycles. The van der Waals surface area contributed by atoms with Gasteiger partial charge in [-0.05, 0) is 62.2 Å². The van der Waals surface area contributed by atoms with Crippen LogP contribution in [0.15, 0.2) is 33.2 Å². The lowest BCUT2D eigenvalue weighted by Crippen LogP contribution is -2.32. The number of nitrogen functional groups attached to an aromatic ring is 1. The molecule has 3 aliphatic rings. The summed E-state index contributed by atoms with van der Waals surface area (Å²) in [5.41, 5.74) is 7.00. The number of imide groups is 1. The highest BCUT2D eigenvalue weighted by Gasteiger charge is 2.59. The number of hydrogen-bond donors (Lipinski definition) is 1. The van der Waals surface area contributed by atoms with Gasteiger partial charge in [0.15, 0.2) is 0 Å². The largest absolute Gasteiger partial charge is 0.397 e. The lowest BCUT2D eigenvalue weighted by molar-refractivity contribution is -0.123. The number of nitrogens with two attached hydrogens (primary N) is 1. The zero-order valence-corrected chi connectivity index (χ0v) is 14.1. The maximum atomic E-state index is 12.7. The van der Waals surface area contributed by atoms with Crippen LogP contribution >= 0.6 is 31.9 Å². The Labute approximate surface area is 138 Å². The van der Waals surface area contributed by atoms with Gasteiger partial charge in [0, 0.05) is 8.95 Å². The third kappa shape index (κ3) is 1.72. The van der Waals surface area contributed by atoms with Gasteiger partial charge in [-0.25, -0.2) is 4.90 Å². The number of allylic oxidation sites excluding steroid dienone is 2. The zero-order valence-electron chi connectivity index (χ0n) is 10.9. The molecule has 1 heterocycles. The number of halogens is 2. The van der Waals surface area contributed by atoms with E-state index in [-0.39, 0.29) is 35.5 Å². The average molecular weight is 412 g/mol. The molecule has 2 bridgehead atoms. The summed E-state index contributed by atoms with van der Waals surface area (Å²) >= 11 is 6.73. The first-order chi connectivity index (χ1) is 9.99. The van der Waals surface area contributed by atoms with Gasteiger partial charge in [0.05, 0.1) is 23.2 Å². The van der Waals surface area contributed by atoms with E-state index in [1.54, 1.807) is 12.1 Å². The van der Waals surface area contributed by atoms with E-state index in [2.05, 4.69) is 44.0 Å². The number of nitrogens with zero attached hydrogens (tertiary/aromatic N) is 1. The summed E-state index contributed by atoms with van der Waals surface area (Å²) < 4.78 is 1.34. The second kappa shape index (κ2) is 4.43.